The molecule has 10 rings (SSSR count). The van der Waals surface area contributed by atoms with Gasteiger partial charge >= 0.3 is 7.40 Å². The molecule has 20 nitrogen and oxygen atoms in total. The highest BCUT2D eigenvalue weighted by Gasteiger charge is 2.30. The molecule has 8 aromatic rings. The minimum absolute atomic E-state index is 0.0108. The number of halogens is 2. The second-order valence-corrected chi connectivity index (χ2v) is 16.2. The van der Waals surface area contributed by atoms with E-state index in [1.807, 2.05) is 26.8 Å². The number of fused-ring (bicyclic) bond motifs is 20. The summed E-state index contributed by atoms with van der Waals surface area (Å²) in [4.78, 5) is 62.5. The van der Waals surface area contributed by atoms with E-state index in [2.05, 4.69) is 50.5 Å². The zero-order valence-corrected chi connectivity index (χ0v) is 37.0. The Labute approximate surface area is 384 Å². The number of hydrogen-bond donors (Lipinski definition) is 2. The molecule has 0 aromatic carbocycles. The Kier molecular flexibility index (Phi) is 11.7. The largest absolute Gasteiger partial charge is 0.677 e. The van der Waals surface area contributed by atoms with Crippen LogP contribution in [-0.4, -0.2) is 70.8 Å². The Balaban J connectivity index is 0.807. The molecule has 0 spiro atoms. The van der Waals surface area contributed by atoms with Crippen molar-refractivity contribution in [3.05, 3.63) is 95.8 Å². The maximum Gasteiger partial charge on any atom is 0.677 e. The van der Waals surface area contributed by atoms with E-state index in [4.69, 9.17) is 30.9 Å². The molecule has 2 aliphatic rings. The van der Waals surface area contributed by atoms with Gasteiger partial charge in [0, 0.05) is 35.6 Å². The lowest BCUT2D eigenvalue weighted by atomic mass is 9.96. The first-order valence-corrected chi connectivity index (χ1v) is 21.7. The fourth-order valence-electron chi connectivity index (χ4n) is 8.14. The van der Waals surface area contributed by atoms with Gasteiger partial charge in [-0.2, -0.15) is 0 Å². The van der Waals surface area contributed by atoms with E-state index in [0.29, 0.717) is 62.2 Å². The molecule has 0 unspecified atom stereocenters. The predicted octanol–water partition coefficient (Wildman–Crippen LogP) is 9.26. The zero-order chi connectivity index (χ0) is 47.1. The summed E-state index contributed by atoms with van der Waals surface area (Å²) in [6.45, 7) is 7.67. The lowest BCUT2D eigenvalue weighted by molar-refractivity contribution is -0.121. The average molecular weight is 928 g/mol. The van der Waals surface area contributed by atoms with Crippen LogP contribution < -0.4 is 10.6 Å². The molecule has 0 fully saturated rings. The standard InChI is InChI=1S/C45H40BF2N11O9/c1-22-13-24(3)50-36(22)26(37-23(2)14-25(4)59(37)46(47)48)9-5-6-11-35(60)49-12-8-7-10-27-39-53-30(16-63-39)41-55-32(18-65-41)43-57-34(20-67-43)45-58-33(21-68-45)44-56-31(19-66-44)42-54-29(17-64-42)40-52-28(15-62-40)38(61)51-27/h13-21,27H,5-12H2,1-4H3,(H,49,60)(H,51,61)/b36-26-/t27-/m0/s1. The monoisotopic (exact) mass is 927 g/mol. The number of aliphatic imine (C=N–C) groups is 1. The molecule has 10 heterocycles. The molecule has 0 radical (unpaired) electrons. The quantitative estimate of drug-likeness (QED) is 0.0854. The van der Waals surface area contributed by atoms with Gasteiger partial charge in [0.2, 0.25) is 47.1 Å². The van der Waals surface area contributed by atoms with Gasteiger partial charge in [-0.05, 0) is 89.5 Å². The average Bonchev–Trinajstić information content (AvgIpc) is 4.16. The third-order valence-electron chi connectivity index (χ3n) is 11.3. The molecule has 14 bridgehead atoms. The minimum atomic E-state index is -2.70. The number of aromatic nitrogens is 8. The van der Waals surface area contributed by atoms with Crippen LogP contribution in [0.4, 0.5) is 8.63 Å². The predicted molar refractivity (Wildman–Crippen MR) is 236 cm³/mol. The van der Waals surface area contributed by atoms with Gasteiger partial charge in [0.25, 0.3) is 5.91 Å². The molecule has 2 aliphatic heterocycles. The highest BCUT2D eigenvalue weighted by atomic mass is 19.2. The molecule has 2 N–H and O–H groups in total. The molecule has 23 heteroatoms. The number of nitrogens with zero attached hydrogens (tertiary/aromatic N) is 9. The van der Waals surface area contributed by atoms with Crippen LogP contribution in [0.3, 0.4) is 0 Å². The molecule has 8 aromatic heterocycles. The molecule has 68 heavy (non-hydrogen) atoms. The van der Waals surface area contributed by atoms with E-state index in [1.165, 1.54) is 43.8 Å². The summed E-state index contributed by atoms with van der Waals surface area (Å²) in [5.41, 5.74) is 6.30. The van der Waals surface area contributed by atoms with Crippen LogP contribution >= 0.6 is 0 Å². The van der Waals surface area contributed by atoms with E-state index in [1.54, 1.807) is 13.0 Å². The van der Waals surface area contributed by atoms with Crippen LogP contribution in [0.5, 0.6) is 0 Å². The Bertz CT molecular complexity index is 3270. The molecule has 2 amide bonds. The first kappa shape index (κ1) is 43.6. The van der Waals surface area contributed by atoms with Crippen molar-refractivity contribution in [1.82, 2.24) is 50.0 Å². The van der Waals surface area contributed by atoms with Gasteiger partial charge in [-0.15, -0.1) is 0 Å². The third kappa shape index (κ3) is 8.76. The molecule has 1 atom stereocenters. The van der Waals surface area contributed by atoms with Crippen LogP contribution in [0, 0.1) is 13.8 Å². The molecule has 346 valence electrons. The number of amides is 2. The summed E-state index contributed by atoms with van der Waals surface area (Å²) >= 11 is 0. The van der Waals surface area contributed by atoms with Gasteiger partial charge in [0.05, 0.1) is 5.70 Å². The summed E-state index contributed by atoms with van der Waals surface area (Å²) in [5.74, 6) is -0.00602. The lowest BCUT2D eigenvalue weighted by Crippen LogP contribution is -2.29. The van der Waals surface area contributed by atoms with E-state index in [0.717, 1.165) is 26.9 Å². The smallest absolute Gasteiger partial charge is 0.446 e. The van der Waals surface area contributed by atoms with E-state index in [-0.39, 0.29) is 93.4 Å². The van der Waals surface area contributed by atoms with Gasteiger partial charge in [0.15, 0.2) is 39.9 Å². The number of oxazole rings is 7. The first-order valence-electron chi connectivity index (χ1n) is 21.7. The number of carbonyl (C=O) groups is 2. The van der Waals surface area contributed by atoms with Crippen LogP contribution in [0.15, 0.2) is 103 Å². The number of aryl methyl sites for hydroxylation is 2. The van der Waals surface area contributed by atoms with E-state index in [9.17, 15) is 18.2 Å². The van der Waals surface area contributed by atoms with Crippen molar-refractivity contribution in [2.75, 3.05) is 6.54 Å². The topological polar surface area (TPSA) is 258 Å². The van der Waals surface area contributed by atoms with Crippen molar-refractivity contribution in [2.24, 2.45) is 4.99 Å². The fourth-order valence-corrected chi connectivity index (χ4v) is 8.14. The Morgan fingerprint density at radius 3 is 1.66 bits per heavy atom. The summed E-state index contributed by atoms with van der Waals surface area (Å²) < 4.78 is 69.4. The second kappa shape index (κ2) is 18.2. The van der Waals surface area contributed by atoms with Crippen molar-refractivity contribution in [3.8, 4) is 69.5 Å². The number of unbranched alkanes of at least 4 members (excludes halogenated alkanes) is 2. The van der Waals surface area contributed by atoms with Crippen molar-refractivity contribution < 1.29 is 49.1 Å². The summed E-state index contributed by atoms with van der Waals surface area (Å²) in [6, 6.07) is 0.997. The highest BCUT2D eigenvalue weighted by molar-refractivity contribution is 6.41. The van der Waals surface area contributed by atoms with Gasteiger partial charge in [-0.3, -0.25) is 23.2 Å². The molecule has 0 aliphatic carbocycles. The molecule has 0 saturated carbocycles. The number of rotatable bonds is 12. The number of nitrogens with one attached hydrogen (secondary N) is 2. The third-order valence-corrected chi connectivity index (χ3v) is 11.3. The Morgan fingerprint density at radius 2 is 1.15 bits per heavy atom. The van der Waals surface area contributed by atoms with Crippen LogP contribution in [0.2, 0.25) is 0 Å². The number of allylic oxidation sites excluding steroid dienone is 3. The maximum absolute atomic E-state index is 14.3. The zero-order valence-electron chi connectivity index (χ0n) is 37.0. The minimum Gasteiger partial charge on any atom is -0.446 e. The fraction of sp³-hybridized carbons (Fsp3) is 0.289. The normalized spacial score (nSPS) is 15.2. The van der Waals surface area contributed by atoms with E-state index < -0.39 is 19.4 Å². The van der Waals surface area contributed by atoms with Gasteiger partial charge in [-0.1, -0.05) is 0 Å². The van der Waals surface area contributed by atoms with Gasteiger partial charge in [-0.25, -0.2) is 34.9 Å². The van der Waals surface area contributed by atoms with Crippen molar-refractivity contribution >= 4 is 30.5 Å². The summed E-state index contributed by atoms with van der Waals surface area (Å²) in [6.07, 6.45) is 14.5. The molecular formula is C45H40BF2N11O9. The van der Waals surface area contributed by atoms with Crippen molar-refractivity contribution in [3.63, 3.8) is 0 Å². The Hall–Kier alpha value is -8.24. The van der Waals surface area contributed by atoms with Crippen LogP contribution in [-0.2, 0) is 4.79 Å². The lowest BCUT2D eigenvalue weighted by Gasteiger charge is -2.16. The SMILES string of the molecule is CC1=CC(C)=N/C1=C(/CCCCC(=O)NCCCC[C@@H]1NC(=O)c2coc(n2)-c2coc(n2)-c2coc(n2)-c2coc(n2)-c2coc(n2)-c2coc(n2)-c2coc1n2)c1c(C)cc(C)n1B(F)F. The second-order valence-electron chi connectivity index (χ2n) is 16.2. The maximum atomic E-state index is 14.3. The number of hydrogen-bond acceptors (Lipinski definition) is 17. The highest BCUT2D eigenvalue weighted by Crippen LogP contribution is 2.37. The first-order chi connectivity index (χ1) is 32.9. The molecular weight excluding hydrogens is 887 g/mol. The van der Waals surface area contributed by atoms with Gasteiger partial charge in [0.1, 0.15) is 49.9 Å². The van der Waals surface area contributed by atoms with Crippen molar-refractivity contribution in [2.45, 2.75) is 78.7 Å². The summed E-state index contributed by atoms with van der Waals surface area (Å²) in [7, 11) is -2.70. The Morgan fingerprint density at radius 1 is 0.662 bits per heavy atom. The van der Waals surface area contributed by atoms with E-state index >= 15 is 0 Å². The van der Waals surface area contributed by atoms with Crippen molar-refractivity contribution in [1.29, 1.82) is 0 Å². The van der Waals surface area contributed by atoms with Gasteiger partial charge < -0.3 is 46.0 Å². The molecule has 0 saturated heterocycles. The van der Waals surface area contributed by atoms with Crippen LogP contribution in [0.1, 0.15) is 98.2 Å². The number of carbonyl (C=O) groups excluding carboxylic acids is 2. The van der Waals surface area contributed by atoms with Crippen LogP contribution in [0.25, 0.3) is 75.1 Å². The summed E-state index contributed by atoms with van der Waals surface area (Å²) in [5, 5.41) is 5.90.